The van der Waals surface area contributed by atoms with E-state index in [-0.39, 0.29) is 5.92 Å². The summed E-state index contributed by atoms with van der Waals surface area (Å²) in [6, 6.07) is 0. The molecule has 0 amide bonds. The van der Waals surface area contributed by atoms with E-state index in [9.17, 15) is 9.90 Å². The number of carboxylic acids is 1. The van der Waals surface area contributed by atoms with Crippen molar-refractivity contribution in [2.75, 3.05) is 0 Å². The van der Waals surface area contributed by atoms with Gasteiger partial charge in [-0.15, -0.1) is 0 Å². The van der Waals surface area contributed by atoms with Gasteiger partial charge in [0.05, 0.1) is 5.92 Å². The first-order valence-electron chi connectivity index (χ1n) is 17.1. The Morgan fingerprint density at radius 3 is 1.03 bits per heavy atom. The van der Waals surface area contributed by atoms with Gasteiger partial charge in [0.25, 0.3) is 0 Å². The van der Waals surface area contributed by atoms with Gasteiger partial charge in [-0.2, -0.15) is 0 Å². The van der Waals surface area contributed by atoms with E-state index in [4.69, 9.17) is 0 Å². The molecule has 0 radical (unpaired) electrons. The Labute approximate surface area is 233 Å². The molecule has 1 atom stereocenters. The van der Waals surface area contributed by atoms with Gasteiger partial charge in [0.1, 0.15) is 0 Å². The van der Waals surface area contributed by atoms with Crippen molar-refractivity contribution in [3.8, 4) is 0 Å². The average molecular weight is 521 g/mol. The van der Waals surface area contributed by atoms with Crippen LogP contribution in [0.3, 0.4) is 0 Å². The number of hydrogen-bond donors (Lipinski definition) is 1. The molecule has 220 valence electrons. The third-order valence-electron chi connectivity index (χ3n) is 8.07. The average Bonchev–Trinajstić information content (AvgIpc) is 2.89. The number of rotatable bonds is 31. The summed E-state index contributed by atoms with van der Waals surface area (Å²) >= 11 is 0. The first-order chi connectivity index (χ1) is 18.2. The molecule has 0 aromatic carbocycles. The molecule has 0 aliphatic carbocycles. The van der Waals surface area contributed by atoms with Crippen LogP contribution in [-0.4, -0.2) is 11.1 Å². The number of unbranched alkanes of at least 4 members (excludes halogenated alkanes) is 24. The van der Waals surface area contributed by atoms with Crippen LogP contribution in [0.1, 0.15) is 200 Å². The minimum atomic E-state index is -0.567. The highest BCUT2D eigenvalue weighted by molar-refractivity contribution is 5.69. The maximum Gasteiger partial charge on any atom is 0.306 e. The van der Waals surface area contributed by atoms with E-state index in [1.165, 1.54) is 161 Å². The summed E-state index contributed by atoms with van der Waals surface area (Å²) in [5.74, 6) is -0.679. The zero-order chi connectivity index (χ0) is 27.1. The van der Waals surface area contributed by atoms with Crippen LogP contribution in [0.2, 0.25) is 0 Å². The summed E-state index contributed by atoms with van der Waals surface area (Å²) in [5.41, 5.74) is 0. The van der Waals surface area contributed by atoms with Crippen LogP contribution in [-0.2, 0) is 4.79 Å². The summed E-state index contributed by atoms with van der Waals surface area (Å²) in [6.45, 7) is 4.56. The van der Waals surface area contributed by atoms with E-state index in [1.807, 2.05) is 0 Å². The molecule has 0 spiro atoms. The Bertz CT molecular complexity index is 470. The lowest BCUT2D eigenvalue weighted by molar-refractivity contribution is -0.142. The van der Waals surface area contributed by atoms with Crippen LogP contribution in [0.4, 0.5) is 0 Å². The van der Waals surface area contributed by atoms with Crippen LogP contribution in [0.25, 0.3) is 0 Å². The third-order valence-corrected chi connectivity index (χ3v) is 8.07. The molecule has 0 saturated carbocycles. The lowest BCUT2D eigenvalue weighted by Crippen LogP contribution is -2.13. The fourth-order valence-electron chi connectivity index (χ4n) is 5.44. The van der Waals surface area contributed by atoms with E-state index >= 15 is 0 Å². The van der Waals surface area contributed by atoms with Crippen molar-refractivity contribution in [1.82, 2.24) is 0 Å². The van der Waals surface area contributed by atoms with Crippen molar-refractivity contribution >= 4 is 5.97 Å². The second kappa shape index (κ2) is 31.4. The normalized spacial score (nSPS) is 12.5. The highest BCUT2D eigenvalue weighted by Crippen LogP contribution is 2.20. The van der Waals surface area contributed by atoms with Gasteiger partial charge < -0.3 is 5.11 Å². The number of carbonyl (C=O) groups is 1. The standard InChI is InChI=1S/C35H68O2/c1-3-5-7-9-11-13-15-17-19-21-23-25-27-29-31-33-34(35(36)37)32-30-28-26-24-22-20-18-16-14-12-10-8-6-4-2/h18,20,34H,3-17,19,21-33H2,1-2H3,(H,36,37)/b20-18-. The molecule has 1 unspecified atom stereocenters. The Hall–Kier alpha value is -0.790. The fourth-order valence-corrected chi connectivity index (χ4v) is 5.44. The molecule has 0 rings (SSSR count). The summed E-state index contributed by atoms with van der Waals surface area (Å²) in [6.07, 6.45) is 42.4. The van der Waals surface area contributed by atoms with Gasteiger partial charge in [-0.05, 0) is 38.5 Å². The molecule has 0 aromatic heterocycles. The van der Waals surface area contributed by atoms with Gasteiger partial charge in [0, 0.05) is 0 Å². The van der Waals surface area contributed by atoms with Crippen LogP contribution < -0.4 is 0 Å². The predicted molar refractivity (Wildman–Crippen MR) is 166 cm³/mol. The molecule has 0 aliphatic rings. The lowest BCUT2D eigenvalue weighted by atomic mass is 9.94. The van der Waals surface area contributed by atoms with Crippen molar-refractivity contribution in [2.45, 2.75) is 200 Å². The Kier molecular flexibility index (Phi) is 30.8. The molecule has 2 nitrogen and oxygen atoms in total. The van der Waals surface area contributed by atoms with Crippen LogP contribution >= 0.6 is 0 Å². The Morgan fingerprint density at radius 1 is 0.459 bits per heavy atom. The topological polar surface area (TPSA) is 37.3 Å². The molecule has 0 fully saturated rings. The molecule has 0 saturated heterocycles. The first-order valence-corrected chi connectivity index (χ1v) is 17.1. The van der Waals surface area contributed by atoms with Crippen molar-refractivity contribution in [3.63, 3.8) is 0 Å². The molecule has 0 aromatic rings. The van der Waals surface area contributed by atoms with Gasteiger partial charge in [0.15, 0.2) is 0 Å². The molecule has 0 aliphatic heterocycles. The SMILES string of the molecule is CCCCCCCC/C=C\CCCCCCC(CCCCCCCCCCCCCCCCC)C(=O)O. The number of aliphatic carboxylic acids is 1. The van der Waals surface area contributed by atoms with Gasteiger partial charge >= 0.3 is 5.97 Å². The lowest BCUT2D eigenvalue weighted by Gasteiger charge is -2.12. The third kappa shape index (κ3) is 29.6. The number of allylic oxidation sites excluding steroid dienone is 2. The zero-order valence-corrected chi connectivity index (χ0v) is 25.6. The smallest absolute Gasteiger partial charge is 0.306 e. The minimum Gasteiger partial charge on any atom is -0.481 e. The van der Waals surface area contributed by atoms with E-state index in [0.717, 1.165) is 25.7 Å². The highest BCUT2D eigenvalue weighted by atomic mass is 16.4. The van der Waals surface area contributed by atoms with Crippen molar-refractivity contribution in [2.24, 2.45) is 5.92 Å². The second-order valence-corrected chi connectivity index (χ2v) is 11.8. The van der Waals surface area contributed by atoms with Crippen LogP contribution in [0.15, 0.2) is 12.2 Å². The second-order valence-electron chi connectivity index (χ2n) is 11.8. The minimum absolute atomic E-state index is 0.112. The molecular formula is C35H68O2. The van der Waals surface area contributed by atoms with Gasteiger partial charge in [-0.25, -0.2) is 0 Å². The van der Waals surface area contributed by atoms with Crippen LogP contribution in [0.5, 0.6) is 0 Å². The van der Waals surface area contributed by atoms with Crippen molar-refractivity contribution in [3.05, 3.63) is 12.2 Å². The Balaban J connectivity index is 3.44. The summed E-state index contributed by atoms with van der Waals surface area (Å²) in [7, 11) is 0. The van der Waals surface area contributed by atoms with E-state index < -0.39 is 5.97 Å². The van der Waals surface area contributed by atoms with E-state index in [0.29, 0.717) is 0 Å². The summed E-state index contributed by atoms with van der Waals surface area (Å²) < 4.78 is 0. The summed E-state index contributed by atoms with van der Waals surface area (Å²) in [5, 5.41) is 9.58. The van der Waals surface area contributed by atoms with Crippen molar-refractivity contribution < 1.29 is 9.90 Å². The Morgan fingerprint density at radius 2 is 0.730 bits per heavy atom. The molecule has 0 heterocycles. The van der Waals surface area contributed by atoms with Crippen LogP contribution in [0, 0.1) is 5.92 Å². The monoisotopic (exact) mass is 521 g/mol. The summed E-state index contributed by atoms with van der Waals surface area (Å²) in [4.78, 5) is 11.6. The van der Waals surface area contributed by atoms with Crippen molar-refractivity contribution in [1.29, 1.82) is 0 Å². The zero-order valence-electron chi connectivity index (χ0n) is 25.6. The molecule has 37 heavy (non-hydrogen) atoms. The van der Waals surface area contributed by atoms with Gasteiger partial charge in [-0.3, -0.25) is 4.79 Å². The fraction of sp³-hybridized carbons (Fsp3) is 0.914. The quantitative estimate of drug-likeness (QED) is 0.0728. The molecular weight excluding hydrogens is 452 g/mol. The number of hydrogen-bond acceptors (Lipinski definition) is 1. The largest absolute Gasteiger partial charge is 0.481 e. The van der Waals surface area contributed by atoms with E-state index in [2.05, 4.69) is 26.0 Å². The highest BCUT2D eigenvalue weighted by Gasteiger charge is 2.16. The maximum atomic E-state index is 11.6. The van der Waals surface area contributed by atoms with Gasteiger partial charge in [0.2, 0.25) is 0 Å². The number of carboxylic acid groups (broad SMARTS) is 1. The first kappa shape index (κ1) is 36.2. The van der Waals surface area contributed by atoms with E-state index in [1.54, 1.807) is 0 Å². The van der Waals surface area contributed by atoms with Gasteiger partial charge in [-0.1, -0.05) is 174 Å². The molecule has 1 N–H and O–H groups in total. The maximum absolute atomic E-state index is 11.6. The molecule has 0 bridgehead atoms. The molecule has 2 heteroatoms. The predicted octanol–water partition coefficient (Wildman–Crippen LogP) is 12.6.